The molecule has 0 saturated carbocycles. The van der Waals surface area contributed by atoms with Crippen LogP contribution in [0.2, 0.25) is 0 Å². The zero-order valence-electron chi connectivity index (χ0n) is 8.99. The van der Waals surface area contributed by atoms with Crippen LogP contribution < -0.4 is 5.73 Å². The first-order valence-corrected chi connectivity index (χ1v) is 6.09. The van der Waals surface area contributed by atoms with Gasteiger partial charge in [-0.15, -0.1) is 0 Å². The quantitative estimate of drug-likeness (QED) is 0.912. The van der Waals surface area contributed by atoms with Crippen molar-refractivity contribution in [2.24, 2.45) is 5.73 Å². The predicted molar refractivity (Wildman–Crippen MR) is 71.3 cm³/mol. The van der Waals surface area contributed by atoms with Crippen LogP contribution in [0, 0.1) is 0 Å². The van der Waals surface area contributed by atoms with Gasteiger partial charge >= 0.3 is 0 Å². The van der Waals surface area contributed by atoms with Crippen LogP contribution in [0.15, 0.2) is 53.0 Å². The molecule has 82 valence electrons. The minimum Gasteiger partial charge on any atom is -0.326 e. The lowest BCUT2D eigenvalue weighted by atomic mass is 10.0. The second-order valence-electron chi connectivity index (χ2n) is 3.83. The molecule has 0 aliphatic heterocycles. The molecule has 0 atom stereocenters. The van der Waals surface area contributed by atoms with Crippen molar-refractivity contribution in [2.75, 3.05) is 0 Å². The van der Waals surface area contributed by atoms with Crippen molar-refractivity contribution in [3.63, 3.8) is 0 Å². The van der Waals surface area contributed by atoms with E-state index in [0.29, 0.717) is 6.54 Å². The number of nitrogens with two attached hydrogens (primary N) is 1. The summed E-state index contributed by atoms with van der Waals surface area (Å²) in [6.07, 6.45) is 0.952. The Morgan fingerprint density at radius 3 is 2.19 bits per heavy atom. The van der Waals surface area contributed by atoms with Gasteiger partial charge in [0.25, 0.3) is 0 Å². The summed E-state index contributed by atoms with van der Waals surface area (Å²) in [6, 6.07) is 16.8. The lowest BCUT2D eigenvalue weighted by molar-refractivity contribution is 1.05. The molecule has 0 unspecified atom stereocenters. The van der Waals surface area contributed by atoms with Crippen LogP contribution in [0.4, 0.5) is 0 Å². The van der Waals surface area contributed by atoms with E-state index in [1.165, 1.54) is 16.7 Å². The van der Waals surface area contributed by atoms with E-state index in [1.54, 1.807) is 0 Å². The van der Waals surface area contributed by atoms with Gasteiger partial charge in [-0.3, -0.25) is 0 Å². The second kappa shape index (κ2) is 5.28. The van der Waals surface area contributed by atoms with Gasteiger partial charge in [-0.2, -0.15) is 0 Å². The van der Waals surface area contributed by atoms with Crippen molar-refractivity contribution < 1.29 is 0 Å². The molecule has 2 rings (SSSR count). The lowest BCUT2D eigenvalue weighted by Crippen LogP contribution is -1.97. The maximum atomic E-state index is 5.63. The summed E-state index contributed by atoms with van der Waals surface area (Å²) >= 11 is 3.48. The smallest absolute Gasteiger partial charge is 0.0178 e. The van der Waals surface area contributed by atoms with Crippen molar-refractivity contribution in [2.45, 2.75) is 13.0 Å². The number of hydrogen-bond donors (Lipinski definition) is 1. The fourth-order valence-electron chi connectivity index (χ4n) is 1.75. The highest BCUT2D eigenvalue weighted by Crippen LogP contribution is 2.16. The van der Waals surface area contributed by atoms with Gasteiger partial charge in [-0.1, -0.05) is 52.3 Å². The van der Waals surface area contributed by atoms with Gasteiger partial charge in [0.1, 0.15) is 0 Å². The van der Waals surface area contributed by atoms with E-state index in [1.807, 2.05) is 6.07 Å². The van der Waals surface area contributed by atoms with E-state index in [4.69, 9.17) is 5.73 Å². The predicted octanol–water partition coefficient (Wildman–Crippen LogP) is 3.50. The van der Waals surface area contributed by atoms with Crippen molar-refractivity contribution in [3.8, 4) is 0 Å². The molecule has 2 aromatic rings. The number of benzene rings is 2. The summed E-state index contributed by atoms with van der Waals surface area (Å²) in [5, 5.41) is 0. The summed E-state index contributed by atoms with van der Waals surface area (Å²) < 4.78 is 1.12. The normalized spacial score (nSPS) is 10.4. The molecule has 0 aliphatic rings. The monoisotopic (exact) mass is 275 g/mol. The molecule has 2 heteroatoms. The van der Waals surface area contributed by atoms with Crippen LogP contribution in [0.25, 0.3) is 0 Å². The van der Waals surface area contributed by atoms with Crippen molar-refractivity contribution in [1.82, 2.24) is 0 Å². The Kier molecular flexibility index (Phi) is 3.75. The van der Waals surface area contributed by atoms with Gasteiger partial charge in [0.15, 0.2) is 0 Å². The minimum atomic E-state index is 0.603. The molecule has 0 saturated heterocycles. The fraction of sp³-hybridized carbons (Fsp3) is 0.143. The van der Waals surface area contributed by atoms with E-state index in [-0.39, 0.29) is 0 Å². The van der Waals surface area contributed by atoms with Crippen LogP contribution in [0.3, 0.4) is 0 Å². The Labute approximate surface area is 104 Å². The molecule has 2 N–H and O–H groups in total. The lowest BCUT2D eigenvalue weighted by Gasteiger charge is -2.04. The molecule has 0 heterocycles. The van der Waals surface area contributed by atoms with E-state index < -0.39 is 0 Å². The maximum absolute atomic E-state index is 5.63. The average molecular weight is 276 g/mol. The highest BCUT2D eigenvalue weighted by Gasteiger charge is 1.98. The summed E-state index contributed by atoms with van der Waals surface area (Å²) in [7, 11) is 0. The van der Waals surface area contributed by atoms with Gasteiger partial charge in [0, 0.05) is 11.0 Å². The Hall–Kier alpha value is -1.12. The molecular weight excluding hydrogens is 262 g/mol. The first kappa shape index (κ1) is 11.4. The van der Waals surface area contributed by atoms with Crippen LogP contribution in [0.1, 0.15) is 16.7 Å². The summed E-state index contributed by atoms with van der Waals surface area (Å²) in [5.41, 5.74) is 9.43. The topological polar surface area (TPSA) is 26.0 Å². The van der Waals surface area contributed by atoms with Crippen LogP contribution >= 0.6 is 15.9 Å². The Morgan fingerprint density at radius 2 is 1.50 bits per heavy atom. The molecule has 0 aromatic heterocycles. The Bertz CT molecular complexity index is 480. The molecule has 2 aromatic carbocycles. The van der Waals surface area contributed by atoms with Crippen LogP contribution in [0.5, 0.6) is 0 Å². The number of rotatable bonds is 3. The number of hydrogen-bond acceptors (Lipinski definition) is 1. The molecular formula is C14H14BrN. The standard InChI is InChI=1S/C14H14BrN/c15-14-6-2-4-12(9-14)7-11-3-1-5-13(8-11)10-16/h1-6,8-9H,7,10,16H2. The maximum Gasteiger partial charge on any atom is 0.0178 e. The third-order valence-corrected chi connectivity index (χ3v) is 3.02. The van der Waals surface area contributed by atoms with Crippen LogP contribution in [-0.4, -0.2) is 0 Å². The Morgan fingerprint density at radius 1 is 0.875 bits per heavy atom. The van der Waals surface area contributed by atoms with Gasteiger partial charge < -0.3 is 5.73 Å². The highest BCUT2D eigenvalue weighted by molar-refractivity contribution is 9.10. The Balaban J connectivity index is 2.20. The van der Waals surface area contributed by atoms with Gasteiger partial charge in [0.05, 0.1) is 0 Å². The van der Waals surface area contributed by atoms with Gasteiger partial charge in [0.2, 0.25) is 0 Å². The first-order valence-electron chi connectivity index (χ1n) is 5.30. The second-order valence-corrected chi connectivity index (χ2v) is 4.75. The molecule has 0 aliphatic carbocycles. The molecule has 0 amide bonds. The van der Waals surface area contributed by atoms with Crippen LogP contribution in [-0.2, 0) is 13.0 Å². The average Bonchev–Trinajstić information content (AvgIpc) is 2.29. The van der Waals surface area contributed by atoms with E-state index in [0.717, 1.165) is 10.9 Å². The molecule has 1 nitrogen and oxygen atoms in total. The minimum absolute atomic E-state index is 0.603. The zero-order valence-corrected chi connectivity index (χ0v) is 10.6. The molecule has 0 radical (unpaired) electrons. The molecule has 0 spiro atoms. The fourth-order valence-corrected chi connectivity index (χ4v) is 2.20. The number of halogens is 1. The SMILES string of the molecule is NCc1cccc(Cc2cccc(Br)c2)c1. The largest absolute Gasteiger partial charge is 0.326 e. The molecule has 0 fully saturated rings. The molecule has 16 heavy (non-hydrogen) atoms. The first-order chi connectivity index (χ1) is 7.78. The highest BCUT2D eigenvalue weighted by atomic mass is 79.9. The van der Waals surface area contributed by atoms with E-state index >= 15 is 0 Å². The molecule has 0 bridgehead atoms. The zero-order chi connectivity index (χ0) is 11.4. The van der Waals surface area contributed by atoms with Crippen molar-refractivity contribution in [3.05, 3.63) is 69.7 Å². The van der Waals surface area contributed by atoms with Crippen molar-refractivity contribution >= 4 is 15.9 Å². The third-order valence-electron chi connectivity index (χ3n) is 2.52. The summed E-state index contributed by atoms with van der Waals surface area (Å²) in [4.78, 5) is 0. The van der Waals surface area contributed by atoms with E-state index in [2.05, 4.69) is 58.4 Å². The third kappa shape index (κ3) is 2.94. The van der Waals surface area contributed by atoms with Gasteiger partial charge in [-0.05, 0) is 35.2 Å². The van der Waals surface area contributed by atoms with E-state index in [9.17, 15) is 0 Å². The summed E-state index contributed by atoms with van der Waals surface area (Å²) in [6.45, 7) is 0.603. The summed E-state index contributed by atoms with van der Waals surface area (Å²) in [5.74, 6) is 0. The van der Waals surface area contributed by atoms with Crippen molar-refractivity contribution in [1.29, 1.82) is 0 Å². The van der Waals surface area contributed by atoms with Gasteiger partial charge in [-0.25, -0.2) is 0 Å².